The van der Waals surface area contributed by atoms with E-state index in [1.807, 2.05) is 18.4 Å². The maximum atomic E-state index is 12.7. The Kier molecular flexibility index (Phi) is 9.22. The molecule has 0 radical (unpaired) electrons. The van der Waals surface area contributed by atoms with E-state index >= 15 is 0 Å². The molecule has 3 aromatic carbocycles. The van der Waals surface area contributed by atoms with Crippen molar-refractivity contribution in [2.24, 2.45) is 5.92 Å². The number of aromatic hydroxyl groups is 1. The molecule has 0 aromatic heterocycles. The van der Waals surface area contributed by atoms with E-state index in [0.717, 1.165) is 4.90 Å². The number of anilines is 3. The maximum absolute atomic E-state index is 12.7. The highest BCUT2D eigenvalue weighted by molar-refractivity contribution is 9.10. The van der Waals surface area contributed by atoms with Crippen LogP contribution in [0.25, 0.3) is 0 Å². The first kappa shape index (κ1) is 26.2. The third-order valence-corrected chi connectivity index (χ3v) is 6.35. The van der Waals surface area contributed by atoms with Gasteiger partial charge in [-0.3, -0.25) is 10.1 Å². The summed E-state index contributed by atoms with van der Waals surface area (Å²) in [6.07, 6.45) is 3.37. The van der Waals surface area contributed by atoms with Crippen LogP contribution < -0.4 is 16.4 Å². The molecule has 3 aromatic rings. The molecule has 0 aliphatic rings. The molecule has 0 bridgehead atoms. The predicted octanol–water partition coefficient (Wildman–Crippen LogP) is 6.58. The predicted molar refractivity (Wildman–Crippen MR) is 145 cm³/mol. The number of amides is 2. The second-order valence-corrected chi connectivity index (χ2v) is 9.47. The lowest BCUT2D eigenvalue weighted by atomic mass is 9.96. The van der Waals surface area contributed by atoms with Crippen molar-refractivity contribution in [3.8, 4) is 5.75 Å². The van der Waals surface area contributed by atoms with Crippen LogP contribution in [-0.2, 0) is 9.53 Å². The summed E-state index contributed by atoms with van der Waals surface area (Å²) < 4.78 is 6.43. The molecule has 0 spiro atoms. The minimum Gasteiger partial charge on any atom is -0.508 e. The molecular weight excluding hydrogens is 530 g/mol. The third-order valence-electron chi connectivity index (χ3n) is 5.11. The summed E-state index contributed by atoms with van der Waals surface area (Å²) in [5, 5.41) is 15.9. The number of benzene rings is 3. The zero-order chi connectivity index (χ0) is 25.4. The monoisotopic (exact) mass is 555 g/mol. The van der Waals surface area contributed by atoms with Gasteiger partial charge < -0.3 is 20.9 Å². The van der Waals surface area contributed by atoms with Crippen LogP contribution >= 0.6 is 27.7 Å². The number of rotatable bonds is 8. The number of carbonyl (C=O) groups excluding carboxylic acids is 2. The minimum atomic E-state index is -0.871. The van der Waals surface area contributed by atoms with Crippen LogP contribution in [0.4, 0.5) is 21.9 Å². The van der Waals surface area contributed by atoms with Crippen molar-refractivity contribution in [2.45, 2.75) is 17.9 Å². The van der Waals surface area contributed by atoms with Crippen molar-refractivity contribution < 1.29 is 19.4 Å². The molecule has 0 saturated heterocycles. The van der Waals surface area contributed by atoms with E-state index in [1.165, 1.54) is 12.1 Å². The van der Waals surface area contributed by atoms with Gasteiger partial charge >= 0.3 is 6.09 Å². The number of hydrogen-bond acceptors (Lipinski definition) is 6. The van der Waals surface area contributed by atoms with Crippen LogP contribution in [0.15, 0.2) is 88.3 Å². The summed E-state index contributed by atoms with van der Waals surface area (Å²) in [7, 11) is 0. The second kappa shape index (κ2) is 12.3. The number of hydrogen-bond donors (Lipinski definition) is 4. The Balaban J connectivity index is 1.77. The van der Waals surface area contributed by atoms with Gasteiger partial charge in [0, 0.05) is 26.5 Å². The van der Waals surface area contributed by atoms with Crippen LogP contribution in [0.5, 0.6) is 5.75 Å². The van der Waals surface area contributed by atoms with Gasteiger partial charge in [-0.2, -0.15) is 0 Å². The zero-order valence-electron chi connectivity index (χ0n) is 19.2. The van der Waals surface area contributed by atoms with Crippen molar-refractivity contribution in [2.75, 3.05) is 22.6 Å². The number of halogens is 1. The number of phenolic OH excluding ortho intramolecular Hbond substituents is 1. The molecule has 35 heavy (non-hydrogen) atoms. The lowest BCUT2D eigenvalue weighted by Crippen LogP contribution is -2.21. The topological polar surface area (TPSA) is 114 Å². The van der Waals surface area contributed by atoms with Crippen molar-refractivity contribution in [1.29, 1.82) is 0 Å². The summed E-state index contributed by atoms with van der Waals surface area (Å²) in [5.74, 6) is -0.874. The second-order valence-electron chi connectivity index (χ2n) is 7.68. The summed E-state index contributed by atoms with van der Waals surface area (Å²) in [6, 6.07) is 19.1. The number of phenols is 1. The van der Waals surface area contributed by atoms with Crippen molar-refractivity contribution >= 4 is 56.8 Å². The Morgan fingerprint density at radius 3 is 2.49 bits per heavy atom. The van der Waals surface area contributed by atoms with Gasteiger partial charge in [-0.05, 0) is 66.9 Å². The Labute approximate surface area is 216 Å². The smallest absolute Gasteiger partial charge is 0.412 e. The molecule has 0 heterocycles. The number of nitrogen functional groups attached to an aromatic ring is 1. The van der Waals surface area contributed by atoms with Crippen molar-refractivity contribution in [3.63, 3.8) is 0 Å². The van der Waals surface area contributed by atoms with Gasteiger partial charge in [-0.15, -0.1) is 11.8 Å². The maximum Gasteiger partial charge on any atom is 0.412 e. The fraction of sp³-hybridized carbons (Fsp3) is 0.154. The molecule has 3 rings (SSSR count). The van der Waals surface area contributed by atoms with E-state index in [4.69, 9.17) is 10.5 Å². The van der Waals surface area contributed by atoms with E-state index < -0.39 is 18.1 Å². The highest BCUT2D eigenvalue weighted by atomic mass is 79.9. The van der Waals surface area contributed by atoms with E-state index in [2.05, 4.69) is 26.6 Å². The normalized spacial score (nSPS) is 12.7. The summed E-state index contributed by atoms with van der Waals surface area (Å²) >= 11 is 4.99. The van der Waals surface area contributed by atoms with E-state index in [9.17, 15) is 14.7 Å². The molecule has 0 fully saturated rings. The first-order chi connectivity index (χ1) is 16.8. The molecule has 2 atom stereocenters. The number of para-hydroxylation sites is 2. The number of carbonyl (C=O) groups is 2. The Morgan fingerprint density at radius 1 is 1.09 bits per heavy atom. The van der Waals surface area contributed by atoms with Gasteiger partial charge in [0.15, 0.2) is 0 Å². The Bertz CT molecular complexity index is 1220. The van der Waals surface area contributed by atoms with Crippen LogP contribution in [-0.4, -0.2) is 23.4 Å². The molecule has 5 N–H and O–H groups in total. The van der Waals surface area contributed by atoms with Gasteiger partial charge in [0.25, 0.3) is 0 Å². The minimum absolute atomic E-state index is 0.0305. The molecule has 0 saturated carbocycles. The summed E-state index contributed by atoms with van der Waals surface area (Å²) in [5.41, 5.74) is 7.80. The van der Waals surface area contributed by atoms with Gasteiger partial charge in [-0.1, -0.05) is 41.1 Å². The standard InChI is InChI=1S/C26H26BrN3O4S/c1-16(7-14-24(32)30-22-6-4-3-5-21(22)28)25(20-15-17(27)8-13-23(20)31)34-26(33)29-18-9-11-19(35-2)12-10-18/h3-16,25,31H,28H2,1-2H3,(H,29,33)(H,30,32)/b14-7+/t16-,25-/m0/s1. The quantitative estimate of drug-likeness (QED) is 0.142. The molecule has 0 aliphatic heterocycles. The molecule has 0 unspecified atom stereocenters. The van der Waals surface area contributed by atoms with E-state index in [1.54, 1.807) is 73.3 Å². The fourth-order valence-electron chi connectivity index (χ4n) is 3.27. The lowest BCUT2D eigenvalue weighted by Gasteiger charge is -2.24. The Morgan fingerprint density at radius 2 is 1.80 bits per heavy atom. The SMILES string of the molecule is CSc1ccc(NC(=O)O[C@H](c2cc(Br)ccc2O)[C@@H](C)/C=C/C(=O)Nc2ccccc2N)cc1. The first-order valence-electron chi connectivity index (χ1n) is 10.7. The molecule has 7 nitrogen and oxygen atoms in total. The molecule has 0 aliphatic carbocycles. The van der Waals surface area contributed by atoms with Crippen molar-refractivity contribution in [1.82, 2.24) is 0 Å². The third kappa shape index (κ3) is 7.53. The van der Waals surface area contributed by atoms with Crippen LogP contribution in [0.1, 0.15) is 18.6 Å². The highest BCUT2D eigenvalue weighted by Crippen LogP contribution is 2.35. The molecular formula is C26H26BrN3O4S. The highest BCUT2D eigenvalue weighted by Gasteiger charge is 2.25. The fourth-order valence-corrected chi connectivity index (χ4v) is 4.06. The lowest BCUT2D eigenvalue weighted by molar-refractivity contribution is -0.111. The average Bonchev–Trinajstić information content (AvgIpc) is 2.84. The Hall–Kier alpha value is -3.43. The average molecular weight is 556 g/mol. The largest absolute Gasteiger partial charge is 0.508 e. The molecule has 182 valence electrons. The first-order valence-corrected chi connectivity index (χ1v) is 12.7. The van der Waals surface area contributed by atoms with Crippen LogP contribution in [0.3, 0.4) is 0 Å². The van der Waals surface area contributed by atoms with Gasteiger partial charge in [-0.25, -0.2) is 4.79 Å². The van der Waals surface area contributed by atoms with Gasteiger partial charge in [0.2, 0.25) is 5.91 Å². The molecule has 2 amide bonds. The number of nitrogens with one attached hydrogen (secondary N) is 2. The number of ether oxygens (including phenoxy) is 1. The van der Waals surface area contributed by atoms with E-state index in [-0.39, 0.29) is 11.7 Å². The van der Waals surface area contributed by atoms with E-state index in [0.29, 0.717) is 27.1 Å². The summed E-state index contributed by atoms with van der Waals surface area (Å²) in [4.78, 5) is 26.2. The number of thioether (sulfide) groups is 1. The van der Waals surface area contributed by atoms with Crippen LogP contribution in [0.2, 0.25) is 0 Å². The summed E-state index contributed by atoms with van der Waals surface area (Å²) in [6.45, 7) is 1.78. The van der Waals surface area contributed by atoms with Gasteiger partial charge in [0.05, 0.1) is 11.4 Å². The van der Waals surface area contributed by atoms with Gasteiger partial charge in [0.1, 0.15) is 11.9 Å². The van der Waals surface area contributed by atoms with Crippen molar-refractivity contribution in [3.05, 3.63) is 88.9 Å². The zero-order valence-corrected chi connectivity index (χ0v) is 21.6. The number of nitrogens with two attached hydrogens (primary N) is 1. The van der Waals surface area contributed by atoms with Crippen LogP contribution in [0, 0.1) is 5.92 Å². The molecule has 9 heteroatoms.